The number of nitrogens with one attached hydrogen (secondary N) is 1. The summed E-state index contributed by atoms with van der Waals surface area (Å²) in [4.78, 5) is 22.0. The molecular formula is C24H23N3O4S. The van der Waals surface area contributed by atoms with Crippen molar-refractivity contribution in [3.05, 3.63) is 59.7 Å². The average molecular weight is 450 g/mol. The van der Waals surface area contributed by atoms with Gasteiger partial charge >= 0.3 is 5.97 Å². The van der Waals surface area contributed by atoms with Crippen molar-refractivity contribution in [1.29, 1.82) is 0 Å². The summed E-state index contributed by atoms with van der Waals surface area (Å²) in [5.41, 5.74) is 3.16. The van der Waals surface area contributed by atoms with Crippen LogP contribution in [0.4, 0.5) is 11.5 Å². The highest BCUT2D eigenvalue weighted by Gasteiger charge is 2.16. The third kappa shape index (κ3) is 4.36. The summed E-state index contributed by atoms with van der Waals surface area (Å²) in [7, 11) is 3.22. The van der Waals surface area contributed by atoms with Crippen molar-refractivity contribution in [3.63, 3.8) is 0 Å². The van der Waals surface area contributed by atoms with Gasteiger partial charge in [-0.15, -0.1) is 11.3 Å². The fraction of sp³-hybridized carbons (Fsp3) is 0.208. The Bertz CT molecular complexity index is 1260. The zero-order valence-electron chi connectivity index (χ0n) is 18.0. The Balaban J connectivity index is 1.71. The van der Waals surface area contributed by atoms with E-state index >= 15 is 0 Å². The molecule has 0 amide bonds. The molecule has 0 aliphatic carbocycles. The lowest BCUT2D eigenvalue weighted by Crippen LogP contribution is -2.06. The molecular weight excluding hydrogens is 426 g/mol. The van der Waals surface area contributed by atoms with E-state index < -0.39 is 0 Å². The van der Waals surface area contributed by atoms with Gasteiger partial charge < -0.3 is 19.5 Å². The molecule has 0 fully saturated rings. The highest BCUT2D eigenvalue weighted by atomic mass is 32.1. The first-order valence-corrected chi connectivity index (χ1v) is 11.0. The van der Waals surface area contributed by atoms with Gasteiger partial charge in [0, 0.05) is 16.6 Å². The Labute approximate surface area is 190 Å². The van der Waals surface area contributed by atoms with E-state index in [1.165, 1.54) is 17.7 Å². The van der Waals surface area contributed by atoms with Gasteiger partial charge in [-0.25, -0.2) is 14.8 Å². The van der Waals surface area contributed by atoms with Gasteiger partial charge in [0.25, 0.3) is 0 Å². The standard InChI is InChI=1S/C24H23N3O4S/c1-4-10-31-24(28)16-6-5-7-17(11-16)27-22-21-18(13-32-23(21)26-14-25-22)15-8-9-19(29-2)20(12-15)30-3/h5-9,11-14H,4,10H2,1-3H3,(H,25,26,27). The molecule has 0 spiro atoms. The van der Waals surface area contributed by atoms with Crippen LogP contribution in [-0.2, 0) is 4.74 Å². The fourth-order valence-electron chi connectivity index (χ4n) is 3.32. The molecule has 0 unspecified atom stereocenters. The van der Waals surface area contributed by atoms with Crippen LogP contribution in [0.15, 0.2) is 54.2 Å². The van der Waals surface area contributed by atoms with Gasteiger partial charge in [0.1, 0.15) is 17.0 Å². The number of methoxy groups -OCH3 is 2. The summed E-state index contributed by atoms with van der Waals surface area (Å²) in [5, 5.41) is 6.28. The quantitative estimate of drug-likeness (QED) is 0.346. The van der Waals surface area contributed by atoms with Crippen molar-refractivity contribution in [1.82, 2.24) is 9.97 Å². The van der Waals surface area contributed by atoms with Gasteiger partial charge in [-0.1, -0.05) is 19.1 Å². The van der Waals surface area contributed by atoms with E-state index in [1.807, 2.05) is 42.6 Å². The monoisotopic (exact) mass is 449 g/mol. The highest BCUT2D eigenvalue weighted by molar-refractivity contribution is 7.17. The Kier molecular flexibility index (Phi) is 6.51. The molecule has 2 aromatic heterocycles. The van der Waals surface area contributed by atoms with Crippen LogP contribution in [0.1, 0.15) is 23.7 Å². The zero-order valence-corrected chi connectivity index (χ0v) is 18.9. The lowest BCUT2D eigenvalue weighted by Gasteiger charge is -2.11. The number of aromatic nitrogens is 2. The van der Waals surface area contributed by atoms with Crippen molar-refractivity contribution < 1.29 is 19.0 Å². The molecule has 4 rings (SSSR count). The number of benzene rings is 2. The predicted octanol–water partition coefficient (Wildman–Crippen LogP) is 5.69. The second kappa shape index (κ2) is 9.65. The molecule has 0 atom stereocenters. The molecule has 0 aliphatic rings. The molecule has 7 nitrogen and oxygen atoms in total. The molecule has 32 heavy (non-hydrogen) atoms. The SMILES string of the molecule is CCCOC(=O)c1cccc(Nc2ncnc3scc(-c4ccc(OC)c(OC)c4)c23)c1. The van der Waals surface area contributed by atoms with Crippen LogP contribution in [0.5, 0.6) is 11.5 Å². The minimum Gasteiger partial charge on any atom is -0.493 e. The maximum Gasteiger partial charge on any atom is 0.338 e. The van der Waals surface area contributed by atoms with Crippen molar-refractivity contribution in [2.24, 2.45) is 0 Å². The van der Waals surface area contributed by atoms with Crippen LogP contribution in [0.25, 0.3) is 21.3 Å². The number of thiophene rings is 1. The van der Waals surface area contributed by atoms with Crippen LogP contribution in [0.3, 0.4) is 0 Å². The number of hydrogen-bond acceptors (Lipinski definition) is 8. The van der Waals surface area contributed by atoms with Crippen LogP contribution >= 0.6 is 11.3 Å². The molecule has 0 bridgehead atoms. The first-order chi connectivity index (χ1) is 15.6. The Hall–Kier alpha value is -3.65. The maximum absolute atomic E-state index is 12.2. The molecule has 0 saturated carbocycles. The summed E-state index contributed by atoms with van der Waals surface area (Å²) >= 11 is 1.54. The number of nitrogens with zero attached hydrogens (tertiary/aromatic N) is 2. The molecule has 1 N–H and O–H groups in total. The normalized spacial score (nSPS) is 10.7. The van der Waals surface area contributed by atoms with E-state index in [0.717, 1.165) is 33.5 Å². The van der Waals surface area contributed by atoms with E-state index in [1.54, 1.807) is 26.4 Å². The van der Waals surface area contributed by atoms with Crippen molar-refractivity contribution in [3.8, 4) is 22.6 Å². The first kappa shape index (κ1) is 21.6. The van der Waals surface area contributed by atoms with Gasteiger partial charge in [-0.3, -0.25) is 0 Å². The number of hydrogen-bond donors (Lipinski definition) is 1. The predicted molar refractivity (Wildman–Crippen MR) is 126 cm³/mol. The third-order valence-corrected chi connectivity index (χ3v) is 5.75. The number of carbonyl (C=O) groups excluding carboxylic acids is 1. The maximum atomic E-state index is 12.2. The minimum absolute atomic E-state index is 0.343. The molecule has 2 heterocycles. The van der Waals surface area contributed by atoms with Gasteiger partial charge in [0.15, 0.2) is 11.5 Å². The van der Waals surface area contributed by atoms with E-state index in [-0.39, 0.29) is 5.97 Å². The molecule has 4 aromatic rings. The Morgan fingerprint density at radius 2 is 1.91 bits per heavy atom. The molecule has 0 saturated heterocycles. The smallest absolute Gasteiger partial charge is 0.338 e. The third-order valence-electron chi connectivity index (χ3n) is 4.86. The summed E-state index contributed by atoms with van der Waals surface area (Å²) in [6.07, 6.45) is 2.30. The molecule has 0 aliphatic heterocycles. The molecule has 2 aromatic carbocycles. The van der Waals surface area contributed by atoms with Crippen LogP contribution in [0, 0.1) is 0 Å². The number of esters is 1. The van der Waals surface area contributed by atoms with Crippen LogP contribution in [0.2, 0.25) is 0 Å². The second-order valence-corrected chi connectivity index (χ2v) is 7.82. The summed E-state index contributed by atoms with van der Waals surface area (Å²) in [5.74, 6) is 1.62. The van der Waals surface area contributed by atoms with Gasteiger partial charge in [0.2, 0.25) is 0 Å². The molecule has 8 heteroatoms. The van der Waals surface area contributed by atoms with E-state index in [2.05, 4.69) is 15.3 Å². The van der Waals surface area contributed by atoms with E-state index in [0.29, 0.717) is 29.5 Å². The Morgan fingerprint density at radius 3 is 2.69 bits per heavy atom. The van der Waals surface area contributed by atoms with Crippen LogP contribution in [-0.4, -0.2) is 36.8 Å². The lowest BCUT2D eigenvalue weighted by molar-refractivity contribution is 0.0505. The van der Waals surface area contributed by atoms with Crippen LogP contribution < -0.4 is 14.8 Å². The average Bonchev–Trinajstić information content (AvgIpc) is 3.27. The van der Waals surface area contributed by atoms with Gasteiger partial charge in [-0.2, -0.15) is 0 Å². The first-order valence-electron chi connectivity index (χ1n) is 10.1. The highest BCUT2D eigenvalue weighted by Crippen LogP contribution is 2.40. The lowest BCUT2D eigenvalue weighted by atomic mass is 10.1. The summed E-state index contributed by atoms with van der Waals surface area (Å²) < 4.78 is 16.1. The zero-order chi connectivity index (χ0) is 22.5. The van der Waals surface area contributed by atoms with E-state index in [4.69, 9.17) is 14.2 Å². The number of fused-ring (bicyclic) bond motifs is 1. The largest absolute Gasteiger partial charge is 0.493 e. The number of rotatable bonds is 8. The van der Waals surface area contributed by atoms with Crippen molar-refractivity contribution in [2.45, 2.75) is 13.3 Å². The van der Waals surface area contributed by atoms with Crippen molar-refractivity contribution >= 4 is 39.0 Å². The van der Waals surface area contributed by atoms with Crippen molar-refractivity contribution in [2.75, 3.05) is 26.1 Å². The Morgan fingerprint density at radius 1 is 1.06 bits per heavy atom. The topological polar surface area (TPSA) is 82.6 Å². The number of anilines is 2. The molecule has 164 valence electrons. The second-order valence-electron chi connectivity index (χ2n) is 6.96. The number of ether oxygens (including phenoxy) is 3. The number of carbonyl (C=O) groups is 1. The molecule has 0 radical (unpaired) electrons. The fourth-order valence-corrected chi connectivity index (χ4v) is 4.24. The van der Waals surface area contributed by atoms with E-state index in [9.17, 15) is 4.79 Å². The van der Waals surface area contributed by atoms with Gasteiger partial charge in [-0.05, 0) is 42.3 Å². The summed E-state index contributed by atoms with van der Waals surface area (Å²) in [6, 6.07) is 13.0. The minimum atomic E-state index is -0.343. The van der Waals surface area contributed by atoms with Gasteiger partial charge in [0.05, 0.1) is 31.8 Å². The summed E-state index contributed by atoms with van der Waals surface area (Å²) in [6.45, 7) is 2.36.